The van der Waals surface area contributed by atoms with Crippen LogP contribution in [0.5, 0.6) is 11.5 Å². The minimum absolute atomic E-state index is 0.0687. The molecule has 1 fully saturated rings. The van der Waals surface area contributed by atoms with Crippen LogP contribution in [0.1, 0.15) is 29.9 Å². The number of amides is 1. The van der Waals surface area contributed by atoms with Crippen LogP contribution in [0.25, 0.3) is 11.1 Å². The quantitative estimate of drug-likeness (QED) is 0.600. The van der Waals surface area contributed by atoms with Gasteiger partial charge in [-0.1, -0.05) is 11.2 Å². The van der Waals surface area contributed by atoms with Gasteiger partial charge in [0.2, 0.25) is 5.91 Å². The fourth-order valence-electron chi connectivity index (χ4n) is 4.20. The van der Waals surface area contributed by atoms with Crippen molar-refractivity contribution in [3.8, 4) is 11.5 Å². The molecular weight excluding hydrogens is 410 g/mol. The molecule has 0 saturated carbocycles. The Balaban J connectivity index is 1.39. The normalized spacial score (nSPS) is 16.2. The molecule has 1 aromatic carbocycles. The zero-order chi connectivity index (χ0) is 22.7. The van der Waals surface area contributed by atoms with Crippen LogP contribution in [-0.4, -0.2) is 54.9 Å². The highest BCUT2D eigenvalue weighted by Gasteiger charge is 2.28. The molecule has 3 aromatic rings. The van der Waals surface area contributed by atoms with Crippen molar-refractivity contribution >= 4 is 22.8 Å². The van der Waals surface area contributed by atoms with Gasteiger partial charge in [-0.3, -0.25) is 4.79 Å². The number of piperidine rings is 1. The number of carbonyl (C=O) groups is 1. The number of nitrogens with one attached hydrogen (secondary N) is 1. The largest absolute Gasteiger partial charge is 0.493 e. The van der Waals surface area contributed by atoms with E-state index in [-0.39, 0.29) is 11.8 Å². The number of rotatable bonds is 7. The van der Waals surface area contributed by atoms with Crippen LogP contribution in [0.2, 0.25) is 0 Å². The molecular formula is C23H29N5O4. The molecule has 170 valence electrons. The third-order valence-corrected chi connectivity index (χ3v) is 5.85. The smallest absolute Gasteiger partial charge is 0.263 e. The maximum Gasteiger partial charge on any atom is 0.263 e. The second-order valence-corrected chi connectivity index (χ2v) is 8.06. The van der Waals surface area contributed by atoms with Crippen LogP contribution in [-0.2, 0) is 11.2 Å². The molecule has 32 heavy (non-hydrogen) atoms. The Kier molecular flexibility index (Phi) is 6.43. The lowest BCUT2D eigenvalue weighted by Crippen LogP contribution is -2.44. The van der Waals surface area contributed by atoms with Gasteiger partial charge in [-0.15, -0.1) is 0 Å². The molecule has 1 saturated heterocycles. The Morgan fingerprint density at radius 2 is 2.03 bits per heavy atom. The number of anilines is 1. The fourth-order valence-corrected chi connectivity index (χ4v) is 4.20. The summed E-state index contributed by atoms with van der Waals surface area (Å²) in [6.07, 6.45) is 2.49. The summed E-state index contributed by atoms with van der Waals surface area (Å²) in [6.45, 7) is 5.73. The molecule has 0 unspecified atom stereocenters. The van der Waals surface area contributed by atoms with Gasteiger partial charge >= 0.3 is 0 Å². The summed E-state index contributed by atoms with van der Waals surface area (Å²) >= 11 is 0. The molecule has 4 rings (SSSR count). The SMILES string of the molecule is COc1ccc(CCNC(=O)[C@H]2CCCN(c3nc(C)nc4onc(C)c34)C2)cc1OC. The van der Waals surface area contributed by atoms with E-state index in [0.29, 0.717) is 42.5 Å². The van der Waals surface area contributed by atoms with Crippen molar-refractivity contribution in [2.24, 2.45) is 5.92 Å². The highest BCUT2D eigenvalue weighted by Crippen LogP contribution is 2.30. The Hall–Kier alpha value is -3.36. The maximum absolute atomic E-state index is 12.9. The number of fused-ring (bicyclic) bond motifs is 1. The first-order valence-corrected chi connectivity index (χ1v) is 10.8. The minimum atomic E-state index is -0.0976. The lowest BCUT2D eigenvalue weighted by molar-refractivity contribution is -0.125. The molecule has 1 aliphatic rings. The summed E-state index contributed by atoms with van der Waals surface area (Å²) in [5, 5.41) is 7.96. The van der Waals surface area contributed by atoms with Gasteiger partial charge in [0.05, 0.1) is 25.8 Å². The lowest BCUT2D eigenvalue weighted by atomic mass is 9.96. The predicted octanol–water partition coefficient (Wildman–Crippen LogP) is 2.83. The van der Waals surface area contributed by atoms with Crippen molar-refractivity contribution < 1.29 is 18.8 Å². The van der Waals surface area contributed by atoms with Crippen molar-refractivity contribution in [3.63, 3.8) is 0 Å². The minimum Gasteiger partial charge on any atom is -0.493 e. The van der Waals surface area contributed by atoms with Gasteiger partial charge in [0.25, 0.3) is 5.71 Å². The number of hydrogen-bond acceptors (Lipinski definition) is 8. The van der Waals surface area contributed by atoms with E-state index in [1.807, 2.05) is 32.0 Å². The molecule has 1 aliphatic heterocycles. The van der Waals surface area contributed by atoms with E-state index in [0.717, 1.165) is 41.8 Å². The second kappa shape index (κ2) is 9.42. The van der Waals surface area contributed by atoms with Gasteiger partial charge in [-0.25, -0.2) is 4.98 Å². The molecule has 1 amide bonds. The molecule has 1 N–H and O–H groups in total. The topological polar surface area (TPSA) is 103 Å². The highest BCUT2D eigenvalue weighted by atomic mass is 16.5. The molecule has 0 bridgehead atoms. The molecule has 2 aromatic heterocycles. The third-order valence-electron chi connectivity index (χ3n) is 5.85. The Bertz CT molecular complexity index is 1110. The van der Waals surface area contributed by atoms with Gasteiger partial charge in [-0.05, 0) is 50.8 Å². The van der Waals surface area contributed by atoms with Gasteiger partial charge < -0.3 is 24.2 Å². The van der Waals surface area contributed by atoms with E-state index in [9.17, 15) is 4.79 Å². The van der Waals surface area contributed by atoms with E-state index in [4.69, 9.17) is 14.0 Å². The Morgan fingerprint density at radius 1 is 1.22 bits per heavy atom. The zero-order valence-electron chi connectivity index (χ0n) is 19.0. The van der Waals surface area contributed by atoms with Crippen LogP contribution in [0.15, 0.2) is 22.7 Å². The second-order valence-electron chi connectivity index (χ2n) is 8.06. The summed E-state index contributed by atoms with van der Waals surface area (Å²) in [5.74, 6) is 2.78. The van der Waals surface area contributed by atoms with Crippen molar-refractivity contribution in [3.05, 3.63) is 35.3 Å². The number of benzene rings is 1. The molecule has 1 atom stereocenters. The van der Waals surface area contributed by atoms with Crippen LogP contribution in [0.4, 0.5) is 5.82 Å². The Labute approximate surface area is 187 Å². The standard InChI is InChI=1S/C23H29N5O4/c1-14-20-21(25-15(2)26-23(20)32-27-14)28-11-5-6-17(13-28)22(29)24-10-9-16-7-8-18(30-3)19(12-16)31-4/h7-8,12,17H,5-6,9-11,13H2,1-4H3,(H,24,29)/t17-/m0/s1. The zero-order valence-corrected chi connectivity index (χ0v) is 19.0. The Morgan fingerprint density at radius 3 is 2.81 bits per heavy atom. The number of aromatic nitrogens is 3. The third kappa shape index (κ3) is 4.46. The van der Waals surface area contributed by atoms with Crippen LogP contribution >= 0.6 is 0 Å². The van der Waals surface area contributed by atoms with Gasteiger partial charge in [-0.2, -0.15) is 4.98 Å². The summed E-state index contributed by atoms with van der Waals surface area (Å²) in [6, 6.07) is 5.81. The van der Waals surface area contributed by atoms with E-state index in [1.165, 1.54) is 0 Å². The van der Waals surface area contributed by atoms with Crippen LogP contribution < -0.4 is 19.7 Å². The summed E-state index contributed by atoms with van der Waals surface area (Å²) < 4.78 is 16.0. The number of nitrogens with zero attached hydrogens (tertiary/aromatic N) is 4. The van der Waals surface area contributed by atoms with Crippen LogP contribution in [0.3, 0.4) is 0 Å². The number of carbonyl (C=O) groups excluding carboxylic acids is 1. The predicted molar refractivity (Wildman–Crippen MR) is 120 cm³/mol. The molecule has 3 heterocycles. The molecule has 0 spiro atoms. The molecule has 0 aliphatic carbocycles. The van der Waals surface area contributed by atoms with E-state index >= 15 is 0 Å². The monoisotopic (exact) mass is 439 g/mol. The average molecular weight is 440 g/mol. The van der Waals surface area contributed by atoms with Crippen molar-refractivity contribution in [1.82, 2.24) is 20.4 Å². The van der Waals surface area contributed by atoms with Crippen molar-refractivity contribution in [2.75, 3.05) is 38.8 Å². The van der Waals surface area contributed by atoms with Gasteiger partial charge in [0, 0.05) is 19.6 Å². The van der Waals surface area contributed by atoms with Crippen LogP contribution in [0, 0.1) is 19.8 Å². The molecule has 9 heteroatoms. The number of hydrogen-bond donors (Lipinski definition) is 1. The molecule has 0 radical (unpaired) electrons. The van der Waals surface area contributed by atoms with Gasteiger partial charge in [0.15, 0.2) is 11.5 Å². The number of aryl methyl sites for hydroxylation is 2. The highest BCUT2D eigenvalue weighted by molar-refractivity contribution is 5.88. The first-order chi connectivity index (χ1) is 15.5. The lowest BCUT2D eigenvalue weighted by Gasteiger charge is -2.33. The van der Waals surface area contributed by atoms with Crippen molar-refractivity contribution in [2.45, 2.75) is 33.1 Å². The van der Waals surface area contributed by atoms with E-state index in [1.54, 1.807) is 14.2 Å². The van der Waals surface area contributed by atoms with E-state index < -0.39 is 0 Å². The summed E-state index contributed by atoms with van der Waals surface area (Å²) in [5.41, 5.74) is 2.33. The first kappa shape index (κ1) is 21.9. The maximum atomic E-state index is 12.9. The molecule has 9 nitrogen and oxygen atoms in total. The number of ether oxygens (including phenoxy) is 2. The first-order valence-electron chi connectivity index (χ1n) is 10.8. The van der Waals surface area contributed by atoms with Gasteiger partial charge in [0.1, 0.15) is 17.0 Å². The van der Waals surface area contributed by atoms with Crippen molar-refractivity contribution in [1.29, 1.82) is 0 Å². The number of methoxy groups -OCH3 is 2. The average Bonchev–Trinajstić information content (AvgIpc) is 3.18. The van der Waals surface area contributed by atoms with E-state index in [2.05, 4.69) is 25.3 Å². The summed E-state index contributed by atoms with van der Waals surface area (Å²) in [7, 11) is 3.23. The fraction of sp³-hybridized carbons (Fsp3) is 0.478. The summed E-state index contributed by atoms with van der Waals surface area (Å²) in [4.78, 5) is 24.0.